The molecular formula is C17H14F3N3O3. The average Bonchev–Trinajstić information content (AvgIpc) is 3.25. The number of anilines is 1. The zero-order valence-electron chi connectivity index (χ0n) is 13.4. The van der Waals surface area contributed by atoms with Gasteiger partial charge in [0.15, 0.2) is 5.76 Å². The van der Waals surface area contributed by atoms with Crippen molar-refractivity contribution in [2.24, 2.45) is 0 Å². The van der Waals surface area contributed by atoms with Crippen molar-refractivity contribution in [3.8, 4) is 11.6 Å². The van der Waals surface area contributed by atoms with E-state index in [0.29, 0.717) is 30.3 Å². The van der Waals surface area contributed by atoms with Crippen LogP contribution in [0.3, 0.4) is 0 Å². The smallest absolute Gasteiger partial charge is 0.418 e. The van der Waals surface area contributed by atoms with Gasteiger partial charge in [0.05, 0.1) is 17.5 Å². The summed E-state index contributed by atoms with van der Waals surface area (Å²) in [4.78, 5) is 16.0. The number of hydrogen-bond donors (Lipinski definition) is 1. The predicted molar refractivity (Wildman–Crippen MR) is 85.0 cm³/mol. The lowest BCUT2D eigenvalue weighted by atomic mass is 10.1. The highest BCUT2D eigenvalue weighted by Gasteiger charge is 2.33. The molecule has 0 aliphatic heterocycles. The molecule has 0 aliphatic rings. The van der Waals surface area contributed by atoms with E-state index in [1.54, 1.807) is 12.1 Å². The monoisotopic (exact) mass is 365 g/mol. The molecule has 26 heavy (non-hydrogen) atoms. The second kappa shape index (κ2) is 7.42. The van der Waals surface area contributed by atoms with Crippen molar-refractivity contribution in [3.63, 3.8) is 0 Å². The molecule has 3 rings (SSSR count). The van der Waals surface area contributed by atoms with Gasteiger partial charge in [0.25, 0.3) is 0 Å². The Morgan fingerprint density at radius 2 is 1.96 bits per heavy atom. The molecule has 0 bridgehead atoms. The van der Waals surface area contributed by atoms with Crippen molar-refractivity contribution in [1.29, 1.82) is 0 Å². The van der Waals surface area contributed by atoms with Crippen LogP contribution in [0, 0.1) is 0 Å². The number of nitrogens with zero attached hydrogens (tertiary/aromatic N) is 2. The number of furan rings is 1. The molecule has 6 nitrogen and oxygen atoms in total. The molecule has 0 spiro atoms. The maximum atomic E-state index is 12.9. The number of carbonyl (C=O) groups excluding carboxylic acids is 1. The summed E-state index contributed by atoms with van der Waals surface area (Å²) in [6.07, 6.45) is -2.36. The number of rotatable bonds is 6. The fourth-order valence-electron chi connectivity index (χ4n) is 2.31. The number of benzene rings is 1. The first-order chi connectivity index (χ1) is 12.4. The number of halogens is 3. The lowest BCUT2D eigenvalue weighted by molar-refractivity contribution is -0.137. The second-order valence-corrected chi connectivity index (χ2v) is 5.43. The van der Waals surface area contributed by atoms with Gasteiger partial charge in [-0.3, -0.25) is 4.79 Å². The standard InChI is InChI=1S/C17H14F3N3O3/c18-17(19,20)11-5-1-2-6-12(11)21-14(24)8-3-9-15-22-16(23-26-15)13-7-4-10-25-13/h1-2,4-7,10H,3,8-9H2,(H,21,24). The Kier molecular flexibility index (Phi) is 5.06. The van der Waals surface area contributed by atoms with Crippen molar-refractivity contribution >= 4 is 11.6 Å². The van der Waals surface area contributed by atoms with Crippen molar-refractivity contribution in [2.75, 3.05) is 5.32 Å². The maximum absolute atomic E-state index is 12.9. The molecule has 0 atom stereocenters. The average molecular weight is 365 g/mol. The Morgan fingerprint density at radius 3 is 2.69 bits per heavy atom. The van der Waals surface area contributed by atoms with Crippen molar-refractivity contribution in [3.05, 3.63) is 54.1 Å². The normalized spacial score (nSPS) is 11.5. The molecule has 3 aromatic rings. The number of amides is 1. The molecule has 1 N–H and O–H groups in total. The first kappa shape index (κ1) is 17.7. The molecule has 1 aromatic carbocycles. The number of aryl methyl sites for hydroxylation is 1. The van der Waals surface area contributed by atoms with Crippen LogP contribution < -0.4 is 5.32 Å². The molecule has 0 aliphatic carbocycles. The maximum Gasteiger partial charge on any atom is 0.418 e. The molecule has 136 valence electrons. The van der Waals surface area contributed by atoms with Gasteiger partial charge in [-0.25, -0.2) is 0 Å². The first-order valence-electron chi connectivity index (χ1n) is 7.76. The van der Waals surface area contributed by atoms with Crippen molar-refractivity contribution < 1.29 is 26.9 Å². The van der Waals surface area contributed by atoms with E-state index in [0.717, 1.165) is 6.07 Å². The summed E-state index contributed by atoms with van der Waals surface area (Å²) in [6.45, 7) is 0. The topological polar surface area (TPSA) is 81.2 Å². The summed E-state index contributed by atoms with van der Waals surface area (Å²) < 4.78 is 48.9. The van der Waals surface area contributed by atoms with Crippen molar-refractivity contribution in [2.45, 2.75) is 25.4 Å². The van der Waals surface area contributed by atoms with E-state index in [1.165, 1.54) is 24.5 Å². The summed E-state index contributed by atoms with van der Waals surface area (Å²) >= 11 is 0. The fraction of sp³-hybridized carbons (Fsp3) is 0.235. The van der Waals surface area contributed by atoms with Crippen LogP contribution in [0.4, 0.5) is 18.9 Å². The highest BCUT2D eigenvalue weighted by atomic mass is 19.4. The number of carbonyl (C=O) groups is 1. The summed E-state index contributed by atoms with van der Waals surface area (Å²) in [6, 6.07) is 8.21. The number of para-hydroxylation sites is 1. The van der Waals surface area contributed by atoms with Crippen LogP contribution in [0.25, 0.3) is 11.6 Å². The summed E-state index contributed by atoms with van der Waals surface area (Å²) in [5.41, 5.74) is -1.14. The number of alkyl halides is 3. The highest BCUT2D eigenvalue weighted by molar-refractivity contribution is 5.91. The summed E-state index contributed by atoms with van der Waals surface area (Å²) in [5.74, 6) is 0.558. The van der Waals surface area contributed by atoms with E-state index < -0.39 is 17.6 Å². The molecule has 1 amide bonds. The molecule has 2 aromatic heterocycles. The van der Waals surface area contributed by atoms with E-state index in [9.17, 15) is 18.0 Å². The quantitative estimate of drug-likeness (QED) is 0.704. The van der Waals surface area contributed by atoms with Crippen LogP contribution >= 0.6 is 0 Å². The zero-order chi connectivity index (χ0) is 18.6. The van der Waals surface area contributed by atoms with Crippen molar-refractivity contribution in [1.82, 2.24) is 10.1 Å². The lowest BCUT2D eigenvalue weighted by Gasteiger charge is -2.13. The Labute approximate surface area is 146 Å². The van der Waals surface area contributed by atoms with E-state index in [2.05, 4.69) is 15.5 Å². The Morgan fingerprint density at radius 1 is 1.15 bits per heavy atom. The molecule has 0 radical (unpaired) electrons. The predicted octanol–water partition coefficient (Wildman–Crippen LogP) is 4.31. The van der Waals surface area contributed by atoms with Gasteiger partial charge in [-0.1, -0.05) is 17.3 Å². The Bertz CT molecular complexity index is 873. The van der Waals surface area contributed by atoms with Gasteiger partial charge in [-0.15, -0.1) is 0 Å². The zero-order valence-corrected chi connectivity index (χ0v) is 13.4. The van der Waals surface area contributed by atoms with Crippen LogP contribution in [-0.4, -0.2) is 16.0 Å². The summed E-state index contributed by atoms with van der Waals surface area (Å²) in [7, 11) is 0. The van der Waals surface area contributed by atoms with E-state index in [-0.39, 0.29) is 12.1 Å². The van der Waals surface area contributed by atoms with Gasteiger partial charge in [0, 0.05) is 12.8 Å². The second-order valence-electron chi connectivity index (χ2n) is 5.43. The molecule has 9 heteroatoms. The van der Waals surface area contributed by atoms with Crippen LogP contribution in [0.2, 0.25) is 0 Å². The highest BCUT2D eigenvalue weighted by Crippen LogP contribution is 2.34. The van der Waals surface area contributed by atoms with Gasteiger partial charge >= 0.3 is 6.18 Å². The van der Waals surface area contributed by atoms with Crippen LogP contribution in [0.5, 0.6) is 0 Å². The van der Waals surface area contributed by atoms with E-state index in [1.807, 2.05) is 0 Å². The number of aromatic nitrogens is 2. The SMILES string of the molecule is O=C(CCCc1nc(-c2ccco2)no1)Nc1ccccc1C(F)(F)F. The first-order valence-corrected chi connectivity index (χ1v) is 7.76. The number of nitrogens with one attached hydrogen (secondary N) is 1. The Balaban J connectivity index is 1.53. The minimum atomic E-state index is -4.53. The van der Waals surface area contributed by atoms with E-state index in [4.69, 9.17) is 8.94 Å². The van der Waals surface area contributed by atoms with Gasteiger partial charge in [0.1, 0.15) is 0 Å². The third-order valence-electron chi connectivity index (χ3n) is 3.51. The fourth-order valence-corrected chi connectivity index (χ4v) is 2.31. The lowest BCUT2D eigenvalue weighted by Crippen LogP contribution is -2.16. The van der Waals surface area contributed by atoms with Crippen LogP contribution in [-0.2, 0) is 17.4 Å². The molecular weight excluding hydrogens is 351 g/mol. The minimum absolute atomic E-state index is 0.0185. The molecule has 0 fully saturated rings. The molecule has 2 heterocycles. The van der Waals surface area contributed by atoms with Gasteiger partial charge < -0.3 is 14.3 Å². The summed E-state index contributed by atoms with van der Waals surface area (Å²) in [5, 5.41) is 6.05. The van der Waals surface area contributed by atoms with Crippen LogP contribution in [0.15, 0.2) is 51.6 Å². The Hall–Kier alpha value is -3.10. The van der Waals surface area contributed by atoms with Gasteiger partial charge in [-0.2, -0.15) is 18.2 Å². The van der Waals surface area contributed by atoms with Gasteiger partial charge in [-0.05, 0) is 30.7 Å². The number of hydrogen-bond acceptors (Lipinski definition) is 5. The third-order valence-corrected chi connectivity index (χ3v) is 3.51. The van der Waals surface area contributed by atoms with E-state index >= 15 is 0 Å². The molecule has 0 unspecified atom stereocenters. The minimum Gasteiger partial charge on any atom is -0.461 e. The molecule has 0 saturated heterocycles. The largest absolute Gasteiger partial charge is 0.461 e. The van der Waals surface area contributed by atoms with Gasteiger partial charge in [0.2, 0.25) is 17.6 Å². The third kappa shape index (κ3) is 4.29. The van der Waals surface area contributed by atoms with Crippen LogP contribution in [0.1, 0.15) is 24.3 Å². The molecule has 0 saturated carbocycles.